The van der Waals surface area contributed by atoms with Gasteiger partial charge in [0.25, 0.3) is 0 Å². The van der Waals surface area contributed by atoms with Crippen LogP contribution in [0, 0.1) is 13.8 Å². The van der Waals surface area contributed by atoms with Gasteiger partial charge in [-0.15, -0.1) is 0 Å². The fourth-order valence-electron chi connectivity index (χ4n) is 1.95. The van der Waals surface area contributed by atoms with Crippen LogP contribution in [0.3, 0.4) is 0 Å². The predicted octanol–water partition coefficient (Wildman–Crippen LogP) is 1.75. The van der Waals surface area contributed by atoms with Crippen LogP contribution in [0.2, 0.25) is 0 Å². The molecule has 0 N–H and O–H groups in total. The Kier molecular flexibility index (Phi) is 4.68. The van der Waals surface area contributed by atoms with E-state index in [0.717, 1.165) is 36.2 Å². The van der Waals surface area contributed by atoms with Gasteiger partial charge in [0.1, 0.15) is 5.82 Å². The van der Waals surface area contributed by atoms with E-state index in [2.05, 4.69) is 15.1 Å². The van der Waals surface area contributed by atoms with Crippen LogP contribution in [0.15, 0.2) is 18.5 Å². The number of likely N-dealkylation sites (N-methyl/N-ethyl adjacent to an activating group) is 1. The van der Waals surface area contributed by atoms with Gasteiger partial charge in [-0.3, -0.25) is 4.98 Å². The lowest BCUT2D eigenvalue weighted by Crippen LogP contribution is -2.24. The summed E-state index contributed by atoms with van der Waals surface area (Å²) in [5, 5.41) is 4.43. The highest BCUT2D eigenvalue weighted by atomic mass is 16.5. The van der Waals surface area contributed by atoms with Crippen molar-refractivity contribution in [3.05, 3.63) is 29.8 Å². The first-order valence-corrected chi connectivity index (χ1v) is 6.76. The predicted molar refractivity (Wildman–Crippen MR) is 78.4 cm³/mol. The maximum atomic E-state index is 5.36. The Bertz CT molecular complexity index is 566. The summed E-state index contributed by atoms with van der Waals surface area (Å²) in [4.78, 5) is 10.9. The molecule has 0 radical (unpaired) electrons. The average Bonchev–Trinajstić information content (AvgIpc) is 2.78. The van der Waals surface area contributed by atoms with E-state index < -0.39 is 0 Å². The van der Waals surface area contributed by atoms with Crippen LogP contribution in [-0.2, 0) is 4.74 Å². The summed E-state index contributed by atoms with van der Waals surface area (Å²) in [6, 6.07) is 2.02. The smallest absolute Gasteiger partial charge is 0.174 e. The molecule has 2 aromatic heterocycles. The number of nitrogens with zero attached hydrogens (tertiary/aromatic N) is 5. The van der Waals surface area contributed by atoms with Crippen LogP contribution in [-0.4, -0.2) is 46.6 Å². The van der Waals surface area contributed by atoms with E-state index in [-0.39, 0.29) is 0 Å². The van der Waals surface area contributed by atoms with Crippen molar-refractivity contribution in [1.82, 2.24) is 19.7 Å². The van der Waals surface area contributed by atoms with Gasteiger partial charge in [0.2, 0.25) is 0 Å². The van der Waals surface area contributed by atoms with Crippen molar-refractivity contribution in [1.29, 1.82) is 0 Å². The fraction of sp³-hybridized carbons (Fsp3) is 0.500. The first-order chi connectivity index (χ1) is 9.61. The highest BCUT2D eigenvalue weighted by Crippen LogP contribution is 2.13. The SMILES string of the molecule is CCOCCN(C)c1cncc(-n2nc(C)cc2C)n1. The molecule has 6 heteroatoms. The van der Waals surface area contributed by atoms with Crippen molar-refractivity contribution in [2.45, 2.75) is 20.8 Å². The van der Waals surface area contributed by atoms with Crippen LogP contribution in [0.1, 0.15) is 18.3 Å². The Morgan fingerprint density at radius 3 is 2.75 bits per heavy atom. The van der Waals surface area contributed by atoms with E-state index in [0.29, 0.717) is 6.61 Å². The molecule has 0 atom stereocenters. The summed E-state index contributed by atoms with van der Waals surface area (Å²) < 4.78 is 7.16. The monoisotopic (exact) mass is 275 g/mol. The number of hydrogen-bond donors (Lipinski definition) is 0. The first kappa shape index (κ1) is 14.5. The fourth-order valence-corrected chi connectivity index (χ4v) is 1.95. The third-order valence-corrected chi connectivity index (χ3v) is 3.00. The lowest BCUT2D eigenvalue weighted by atomic mass is 10.4. The van der Waals surface area contributed by atoms with Gasteiger partial charge in [0, 0.05) is 25.9 Å². The van der Waals surface area contributed by atoms with E-state index in [1.807, 2.05) is 43.5 Å². The zero-order chi connectivity index (χ0) is 14.5. The Balaban J connectivity index is 2.17. The molecule has 0 bridgehead atoms. The molecule has 0 saturated carbocycles. The summed E-state index contributed by atoms with van der Waals surface area (Å²) in [6.45, 7) is 8.15. The topological polar surface area (TPSA) is 56.1 Å². The number of anilines is 1. The molecule has 0 spiro atoms. The summed E-state index contributed by atoms with van der Waals surface area (Å²) in [7, 11) is 1.98. The molecule has 2 heterocycles. The molecule has 108 valence electrons. The van der Waals surface area contributed by atoms with E-state index >= 15 is 0 Å². The van der Waals surface area contributed by atoms with Crippen LogP contribution < -0.4 is 4.90 Å². The minimum Gasteiger partial charge on any atom is -0.380 e. The van der Waals surface area contributed by atoms with Gasteiger partial charge in [-0.05, 0) is 26.8 Å². The van der Waals surface area contributed by atoms with E-state index in [9.17, 15) is 0 Å². The van der Waals surface area contributed by atoms with Crippen molar-refractivity contribution < 1.29 is 4.74 Å². The van der Waals surface area contributed by atoms with Crippen molar-refractivity contribution in [3.8, 4) is 5.82 Å². The second kappa shape index (κ2) is 6.47. The normalized spacial score (nSPS) is 10.8. The highest BCUT2D eigenvalue weighted by molar-refractivity contribution is 5.38. The van der Waals surface area contributed by atoms with E-state index in [1.165, 1.54) is 0 Å². The Morgan fingerprint density at radius 1 is 1.30 bits per heavy atom. The maximum absolute atomic E-state index is 5.36. The third-order valence-electron chi connectivity index (χ3n) is 3.00. The molecule has 0 unspecified atom stereocenters. The molecule has 6 nitrogen and oxygen atoms in total. The minimum atomic E-state index is 0.679. The molecule has 2 aromatic rings. The van der Waals surface area contributed by atoms with Gasteiger partial charge in [-0.1, -0.05) is 0 Å². The number of ether oxygens (including phenoxy) is 1. The molecule has 0 aliphatic heterocycles. The maximum Gasteiger partial charge on any atom is 0.174 e. The van der Waals surface area contributed by atoms with Crippen LogP contribution in [0.4, 0.5) is 5.82 Å². The quantitative estimate of drug-likeness (QED) is 0.752. The molecule has 0 aromatic carbocycles. The van der Waals surface area contributed by atoms with Crippen molar-refractivity contribution in [3.63, 3.8) is 0 Å². The second-order valence-corrected chi connectivity index (χ2v) is 4.69. The molecule has 0 fully saturated rings. The minimum absolute atomic E-state index is 0.679. The van der Waals surface area contributed by atoms with Gasteiger partial charge in [-0.25, -0.2) is 9.67 Å². The number of hydrogen-bond acceptors (Lipinski definition) is 5. The number of rotatable bonds is 6. The summed E-state index contributed by atoms with van der Waals surface area (Å²) in [5.74, 6) is 1.55. The van der Waals surface area contributed by atoms with Crippen molar-refractivity contribution in [2.75, 3.05) is 31.7 Å². The van der Waals surface area contributed by atoms with Gasteiger partial charge >= 0.3 is 0 Å². The lowest BCUT2D eigenvalue weighted by molar-refractivity contribution is 0.154. The lowest BCUT2D eigenvalue weighted by Gasteiger charge is -2.18. The zero-order valence-corrected chi connectivity index (χ0v) is 12.5. The van der Waals surface area contributed by atoms with Gasteiger partial charge in [0.15, 0.2) is 5.82 Å². The second-order valence-electron chi connectivity index (χ2n) is 4.69. The van der Waals surface area contributed by atoms with Crippen LogP contribution >= 0.6 is 0 Å². The van der Waals surface area contributed by atoms with Gasteiger partial charge < -0.3 is 9.64 Å². The third kappa shape index (κ3) is 3.33. The highest BCUT2D eigenvalue weighted by Gasteiger charge is 2.08. The van der Waals surface area contributed by atoms with Crippen LogP contribution in [0.25, 0.3) is 5.82 Å². The van der Waals surface area contributed by atoms with Crippen molar-refractivity contribution >= 4 is 5.82 Å². The number of aryl methyl sites for hydroxylation is 2. The molecule has 0 saturated heterocycles. The molecular weight excluding hydrogens is 254 g/mol. The molecule has 0 amide bonds. The van der Waals surface area contributed by atoms with Gasteiger partial charge in [-0.2, -0.15) is 5.10 Å². The molecule has 0 aliphatic rings. The molecule has 0 aliphatic carbocycles. The largest absolute Gasteiger partial charge is 0.380 e. The Morgan fingerprint density at radius 2 is 2.10 bits per heavy atom. The van der Waals surface area contributed by atoms with Crippen molar-refractivity contribution in [2.24, 2.45) is 0 Å². The Hall–Kier alpha value is -1.95. The Labute approximate surface area is 119 Å². The van der Waals surface area contributed by atoms with Crippen LogP contribution in [0.5, 0.6) is 0 Å². The summed E-state index contributed by atoms with van der Waals surface area (Å²) in [6.07, 6.45) is 3.47. The van der Waals surface area contributed by atoms with E-state index in [1.54, 1.807) is 12.4 Å². The first-order valence-electron chi connectivity index (χ1n) is 6.76. The van der Waals surface area contributed by atoms with Gasteiger partial charge in [0.05, 0.1) is 24.7 Å². The van der Waals surface area contributed by atoms with E-state index in [4.69, 9.17) is 4.74 Å². The summed E-state index contributed by atoms with van der Waals surface area (Å²) >= 11 is 0. The molecule has 2 rings (SSSR count). The average molecular weight is 275 g/mol. The zero-order valence-electron chi connectivity index (χ0n) is 12.5. The standard InChI is InChI=1S/C14H21N5O/c1-5-20-7-6-18(4)13-9-15-10-14(16-13)19-12(3)8-11(2)17-19/h8-10H,5-7H2,1-4H3. The number of aromatic nitrogens is 4. The molecule has 20 heavy (non-hydrogen) atoms. The molecular formula is C14H21N5O. The summed E-state index contributed by atoms with van der Waals surface area (Å²) in [5.41, 5.74) is 2.02.